The van der Waals surface area contributed by atoms with Gasteiger partial charge in [0.1, 0.15) is 18.7 Å². The van der Waals surface area contributed by atoms with Gasteiger partial charge in [0.05, 0.1) is 11.6 Å². The molecule has 2 heterocycles. The zero-order valence-electron chi connectivity index (χ0n) is 18.3. The lowest BCUT2D eigenvalue weighted by Gasteiger charge is -2.16. The van der Waals surface area contributed by atoms with Crippen molar-refractivity contribution in [3.8, 4) is 22.6 Å². The molecule has 1 aliphatic carbocycles. The van der Waals surface area contributed by atoms with Crippen LogP contribution in [0.25, 0.3) is 22.2 Å². The van der Waals surface area contributed by atoms with Gasteiger partial charge in [-0.25, -0.2) is 13.8 Å². The number of aromatic nitrogens is 2. The first-order valence-electron chi connectivity index (χ1n) is 10.8. The van der Waals surface area contributed by atoms with Gasteiger partial charge in [-0.2, -0.15) is 0 Å². The minimum absolute atomic E-state index is 0.0306. The van der Waals surface area contributed by atoms with Gasteiger partial charge >= 0.3 is 5.65 Å². The van der Waals surface area contributed by atoms with Crippen molar-refractivity contribution in [2.75, 3.05) is 17.6 Å². The van der Waals surface area contributed by atoms with Gasteiger partial charge in [-0.05, 0) is 60.0 Å². The van der Waals surface area contributed by atoms with E-state index >= 15 is 0 Å². The van der Waals surface area contributed by atoms with Gasteiger partial charge in [0.25, 0.3) is 0 Å². The van der Waals surface area contributed by atoms with Crippen LogP contribution in [0.2, 0.25) is 0 Å². The van der Waals surface area contributed by atoms with Crippen LogP contribution in [-0.2, 0) is 0 Å². The number of benzene rings is 2. The maximum Gasteiger partial charge on any atom is 0.326 e. The molecule has 0 aliphatic heterocycles. The van der Waals surface area contributed by atoms with E-state index in [-0.39, 0.29) is 5.75 Å². The molecule has 2 aromatic heterocycles. The Kier molecular flexibility index (Phi) is 5.85. The number of hydrogen-bond acceptors (Lipinski definition) is 4. The van der Waals surface area contributed by atoms with Gasteiger partial charge in [0, 0.05) is 34.6 Å². The van der Waals surface area contributed by atoms with Crippen molar-refractivity contribution in [2.24, 2.45) is 0 Å². The lowest BCUT2D eigenvalue weighted by atomic mass is 9.99. The van der Waals surface area contributed by atoms with Gasteiger partial charge in [-0.3, -0.25) is 0 Å². The molecule has 2 aromatic carbocycles. The normalized spacial score (nSPS) is 13.3. The number of nitrogens with one attached hydrogen (secondary N) is 2. The van der Waals surface area contributed by atoms with Crippen molar-refractivity contribution in [1.29, 1.82) is 0 Å². The second-order valence-electron chi connectivity index (χ2n) is 7.90. The predicted molar refractivity (Wildman–Crippen MR) is 127 cm³/mol. The van der Waals surface area contributed by atoms with Crippen LogP contribution < -0.4 is 19.0 Å². The SMILES string of the molecule is CCSNc1ccc(Oc2ccc(F)cc2F)c(-c2cc(C3CC3)[n+](OC)c3[nH]ccc23)c1. The smallest absolute Gasteiger partial charge is 0.326 e. The number of H-pyrrole nitrogens is 1. The van der Waals surface area contributed by atoms with Gasteiger partial charge in [0.2, 0.25) is 0 Å². The molecule has 0 radical (unpaired) electrons. The summed E-state index contributed by atoms with van der Waals surface area (Å²) in [7, 11) is 1.66. The summed E-state index contributed by atoms with van der Waals surface area (Å²) in [5, 5.41) is 0.950. The number of anilines is 1. The molecule has 1 saturated carbocycles. The number of hydrogen-bond donors (Lipinski definition) is 2. The second kappa shape index (κ2) is 8.94. The fourth-order valence-electron chi connectivity index (χ4n) is 3.97. The van der Waals surface area contributed by atoms with Gasteiger partial charge in [-0.1, -0.05) is 18.9 Å². The molecule has 1 aliphatic rings. The first-order valence-corrected chi connectivity index (χ1v) is 11.8. The van der Waals surface area contributed by atoms with Gasteiger partial charge in [-0.15, -0.1) is 0 Å². The van der Waals surface area contributed by atoms with E-state index in [1.54, 1.807) is 19.1 Å². The van der Waals surface area contributed by atoms with E-state index < -0.39 is 11.6 Å². The monoisotopic (exact) mass is 468 g/mol. The molecule has 4 aromatic rings. The number of rotatable bonds is 8. The Balaban J connectivity index is 1.69. The van der Waals surface area contributed by atoms with Crippen LogP contribution in [0.15, 0.2) is 54.7 Å². The van der Waals surface area contributed by atoms with E-state index in [2.05, 4.69) is 22.7 Å². The minimum Gasteiger partial charge on any atom is -0.454 e. The molecule has 1 fully saturated rings. The average molecular weight is 469 g/mol. The number of ether oxygens (including phenoxy) is 1. The molecular formula is C25H24F2N3O2S+. The van der Waals surface area contributed by atoms with Crippen LogP contribution in [0.1, 0.15) is 31.4 Å². The van der Waals surface area contributed by atoms with Crippen LogP contribution in [-0.4, -0.2) is 17.8 Å². The highest BCUT2D eigenvalue weighted by Crippen LogP contribution is 2.44. The number of nitrogens with zero attached hydrogens (tertiary/aromatic N) is 1. The largest absolute Gasteiger partial charge is 0.454 e. The van der Waals surface area contributed by atoms with Crippen LogP contribution in [0, 0.1) is 11.6 Å². The number of aromatic amines is 1. The molecule has 5 nitrogen and oxygen atoms in total. The van der Waals surface area contributed by atoms with E-state index in [1.165, 1.54) is 12.1 Å². The van der Waals surface area contributed by atoms with Crippen LogP contribution in [0.3, 0.4) is 0 Å². The highest BCUT2D eigenvalue weighted by molar-refractivity contribution is 8.00. The van der Waals surface area contributed by atoms with E-state index in [0.29, 0.717) is 11.7 Å². The average Bonchev–Trinajstić information content (AvgIpc) is 3.55. The summed E-state index contributed by atoms with van der Waals surface area (Å²) in [5.74, 6) is 0.379. The summed E-state index contributed by atoms with van der Waals surface area (Å²) < 4.78 is 39.0. The molecule has 170 valence electrons. The molecule has 0 atom stereocenters. The zero-order chi connectivity index (χ0) is 22.9. The van der Waals surface area contributed by atoms with Crippen molar-refractivity contribution < 1.29 is 23.1 Å². The molecule has 5 rings (SSSR count). The van der Waals surface area contributed by atoms with Crippen molar-refractivity contribution in [2.45, 2.75) is 25.7 Å². The van der Waals surface area contributed by atoms with E-state index in [4.69, 9.17) is 9.57 Å². The topological polar surface area (TPSA) is 50.2 Å². The first-order chi connectivity index (χ1) is 16.1. The van der Waals surface area contributed by atoms with Gasteiger partial charge in [0.15, 0.2) is 17.3 Å². The summed E-state index contributed by atoms with van der Waals surface area (Å²) in [5.41, 5.74) is 4.57. The van der Waals surface area contributed by atoms with Crippen molar-refractivity contribution in [3.63, 3.8) is 0 Å². The summed E-state index contributed by atoms with van der Waals surface area (Å²) in [6.45, 7) is 2.07. The maximum absolute atomic E-state index is 14.4. The Morgan fingerprint density at radius 2 is 1.88 bits per heavy atom. The Hall–Kier alpha value is -3.26. The quantitative estimate of drug-likeness (QED) is 0.239. The maximum atomic E-state index is 14.4. The molecule has 8 heteroatoms. The minimum atomic E-state index is -0.750. The van der Waals surface area contributed by atoms with Crippen LogP contribution in [0.4, 0.5) is 14.5 Å². The number of pyridine rings is 1. The number of halogens is 2. The summed E-state index contributed by atoms with van der Waals surface area (Å²) in [6, 6.07) is 13.1. The lowest BCUT2D eigenvalue weighted by molar-refractivity contribution is -0.871. The fraction of sp³-hybridized carbons (Fsp3) is 0.240. The Morgan fingerprint density at radius 3 is 2.61 bits per heavy atom. The Bertz CT molecular complexity index is 1320. The van der Waals surface area contributed by atoms with E-state index in [9.17, 15) is 8.78 Å². The molecule has 0 saturated heterocycles. The molecule has 0 spiro atoms. The fourth-order valence-corrected chi connectivity index (χ4v) is 4.40. The third-order valence-corrected chi connectivity index (χ3v) is 6.31. The Labute approximate surface area is 194 Å². The highest BCUT2D eigenvalue weighted by atomic mass is 32.2. The molecule has 2 N–H and O–H groups in total. The lowest BCUT2D eigenvalue weighted by Crippen LogP contribution is -2.45. The summed E-state index contributed by atoms with van der Waals surface area (Å²) in [6.07, 6.45) is 4.08. The third-order valence-electron chi connectivity index (χ3n) is 5.64. The number of fused-ring (bicyclic) bond motifs is 1. The van der Waals surface area contributed by atoms with Crippen molar-refractivity contribution >= 4 is 28.7 Å². The summed E-state index contributed by atoms with van der Waals surface area (Å²) in [4.78, 5) is 8.97. The third kappa shape index (κ3) is 4.23. The van der Waals surface area contributed by atoms with E-state index in [0.717, 1.165) is 58.2 Å². The van der Waals surface area contributed by atoms with Crippen LogP contribution in [0.5, 0.6) is 11.5 Å². The summed E-state index contributed by atoms with van der Waals surface area (Å²) >= 11 is 1.59. The molecule has 0 amide bonds. The van der Waals surface area contributed by atoms with Crippen LogP contribution >= 0.6 is 11.9 Å². The molecular weight excluding hydrogens is 444 g/mol. The Morgan fingerprint density at radius 1 is 1.06 bits per heavy atom. The second-order valence-corrected chi connectivity index (χ2v) is 8.97. The predicted octanol–water partition coefficient (Wildman–Crippen LogP) is 6.21. The zero-order valence-corrected chi connectivity index (χ0v) is 19.1. The van der Waals surface area contributed by atoms with Gasteiger partial charge < -0.3 is 14.3 Å². The van der Waals surface area contributed by atoms with Crippen molar-refractivity contribution in [3.05, 3.63) is 72.1 Å². The highest BCUT2D eigenvalue weighted by Gasteiger charge is 2.33. The van der Waals surface area contributed by atoms with E-state index in [1.807, 2.05) is 35.2 Å². The molecule has 33 heavy (non-hydrogen) atoms. The molecule has 0 unspecified atom stereocenters. The van der Waals surface area contributed by atoms with Crippen molar-refractivity contribution in [1.82, 2.24) is 4.98 Å². The molecule has 0 bridgehead atoms. The first kappa shape index (κ1) is 21.6. The standard InChI is InChI=1S/C25H23F2N3O2S/c1-3-33-29-17-7-9-23(32-24-8-6-16(26)12-21(24)27)20(13-17)19-14-22(15-4-5-15)30(31-2)25-18(19)10-11-28-25/h6-15,29H,3-5H2,1-2H3/p+1.